The maximum Gasteiger partial charge on any atom is 0.240 e. The molecule has 0 aliphatic heterocycles. The molecule has 0 saturated heterocycles. The minimum Gasteiger partial charge on any atom is -0.388 e. The SMILES string of the molecule is CC[C@H](C)[C@@](C)(O)CNC(=O)C(C)(C)S(=O)(=O)C1CC1. The minimum atomic E-state index is -3.45. The number of amides is 1. The highest BCUT2D eigenvalue weighted by atomic mass is 32.2. The maximum absolute atomic E-state index is 12.2. The van der Waals surface area contributed by atoms with Gasteiger partial charge in [-0.2, -0.15) is 0 Å². The molecule has 0 unspecified atom stereocenters. The Hall–Kier alpha value is -0.620. The number of aliphatic hydroxyl groups is 1. The van der Waals surface area contributed by atoms with E-state index in [2.05, 4.69) is 5.32 Å². The van der Waals surface area contributed by atoms with Crippen LogP contribution in [0.25, 0.3) is 0 Å². The van der Waals surface area contributed by atoms with E-state index in [0.29, 0.717) is 12.8 Å². The summed E-state index contributed by atoms with van der Waals surface area (Å²) in [7, 11) is -3.45. The molecule has 1 aliphatic carbocycles. The van der Waals surface area contributed by atoms with Gasteiger partial charge in [-0.1, -0.05) is 20.3 Å². The van der Waals surface area contributed by atoms with Crippen molar-refractivity contribution in [2.75, 3.05) is 6.54 Å². The average molecular weight is 305 g/mol. The van der Waals surface area contributed by atoms with E-state index in [1.807, 2.05) is 13.8 Å². The molecule has 0 heterocycles. The fraction of sp³-hybridized carbons (Fsp3) is 0.929. The molecule has 0 spiro atoms. The van der Waals surface area contributed by atoms with E-state index in [-0.39, 0.29) is 17.7 Å². The average Bonchev–Trinajstić information content (AvgIpc) is 3.18. The fourth-order valence-corrected chi connectivity index (χ4v) is 3.93. The second-order valence-electron chi connectivity index (χ2n) is 6.60. The van der Waals surface area contributed by atoms with Crippen molar-refractivity contribution in [1.82, 2.24) is 5.32 Å². The second kappa shape index (κ2) is 5.64. The maximum atomic E-state index is 12.2. The summed E-state index contributed by atoms with van der Waals surface area (Å²) in [6, 6.07) is 0. The third-order valence-electron chi connectivity index (χ3n) is 4.50. The van der Waals surface area contributed by atoms with Gasteiger partial charge in [-0.05, 0) is 39.5 Å². The zero-order valence-electron chi connectivity index (χ0n) is 13.1. The Labute approximate surface area is 122 Å². The van der Waals surface area contributed by atoms with Crippen LogP contribution in [0.15, 0.2) is 0 Å². The zero-order valence-corrected chi connectivity index (χ0v) is 13.9. The molecule has 1 fully saturated rings. The molecule has 0 radical (unpaired) electrons. The highest BCUT2D eigenvalue weighted by Gasteiger charge is 2.50. The highest BCUT2D eigenvalue weighted by Crippen LogP contribution is 2.36. The van der Waals surface area contributed by atoms with Crippen molar-refractivity contribution in [3.8, 4) is 0 Å². The van der Waals surface area contributed by atoms with E-state index in [1.54, 1.807) is 6.92 Å². The lowest BCUT2D eigenvalue weighted by Gasteiger charge is -2.32. The molecule has 0 aromatic rings. The lowest BCUT2D eigenvalue weighted by Crippen LogP contribution is -2.53. The van der Waals surface area contributed by atoms with Crippen molar-refractivity contribution in [3.63, 3.8) is 0 Å². The van der Waals surface area contributed by atoms with Crippen molar-refractivity contribution >= 4 is 15.7 Å². The summed E-state index contributed by atoms with van der Waals surface area (Å²) >= 11 is 0. The number of carbonyl (C=O) groups is 1. The van der Waals surface area contributed by atoms with Gasteiger partial charge in [0.25, 0.3) is 0 Å². The Morgan fingerprint density at radius 3 is 2.25 bits per heavy atom. The third kappa shape index (κ3) is 3.34. The fourth-order valence-electron chi connectivity index (χ4n) is 2.01. The Balaban J connectivity index is 2.71. The van der Waals surface area contributed by atoms with Gasteiger partial charge in [0.1, 0.15) is 4.75 Å². The minimum absolute atomic E-state index is 0.0194. The summed E-state index contributed by atoms with van der Waals surface area (Å²) in [5.74, 6) is -0.515. The first-order valence-corrected chi connectivity index (χ1v) is 8.75. The van der Waals surface area contributed by atoms with Gasteiger partial charge in [-0.3, -0.25) is 4.79 Å². The first-order chi connectivity index (χ1) is 8.96. The van der Waals surface area contributed by atoms with Crippen LogP contribution < -0.4 is 5.32 Å². The molecule has 0 aromatic heterocycles. The molecule has 2 atom stereocenters. The van der Waals surface area contributed by atoms with Crippen molar-refractivity contribution in [1.29, 1.82) is 0 Å². The summed E-state index contributed by atoms with van der Waals surface area (Å²) in [6.07, 6.45) is 2.07. The summed E-state index contributed by atoms with van der Waals surface area (Å²) in [5.41, 5.74) is -1.04. The number of hydrogen-bond acceptors (Lipinski definition) is 4. The van der Waals surface area contributed by atoms with Crippen molar-refractivity contribution in [2.24, 2.45) is 5.92 Å². The van der Waals surface area contributed by atoms with Gasteiger partial charge in [-0.15, -0.1) is 0 Å². The van der Waals surface area contributed by atoms with Crippen molar-refractivity contribution in [3.05, 3.63) is 0 Å². The second-order valence-corrected chi connectivity index (χ2v) is 9.38. The summed E-state index contributed by atoms with van der Waals surface area (Å²) in [6.45, 7) is 8.46. The molecule has 1 aliphatic rings. The van der Waals surface area contributed by atoms with Gasteiger partial charge in [0.05, 0.1) is 10.9 Å². The topological polar surface area (TPSA) is 83.5 Å². The molecule has 20 heavy (non-hydrogen) atoms. The first kappa shape index (κ1) is 17.4. The van der Waals surface area contributed by atoms with Gasteiger partial charge in [0, 0.05) is 6.54 Å². The normalized spacial score (nSPS) is 21.1. The van der Waals surface area contributed by atoms with E-state index < -0.39 is 26.1 Å². The quantitative estimate of drug-likeness (QED) is 0.741. The molecule has 118 valence electrons. The standard InChI is InChI=1S/C14H27NO4S/c1-6-10(2)14(5,17)9-15-12(16)13(3,4)20(18,19)11-7-8-11/h10-11,17H,6-9H2,1-5H3,(H,15,16)/t10-,14-/m0/s1. The number of carbonyl (C=O) groups excluding carboxylic acids is 1. The van der Waals surface area contributed by atoms with Crippen LogP contribution in [0, 0.1) is 5.92 Å². The monoisotopic (exact) mass is 305 g/mol. The number of nitrogens with one attached hydrogen (secondary N) is 1. The molecule has 0 bridgehead atoms. The van der Waals surface area contributed by atoms with Crippen molar-refractivity contribution in [2.45, 2.75) is 69.5 Å². The molecular formula is C14H27NO4S. The lowest BCUT2D eigenvalue weighted by atomic mass is 9.88. The van der Waals surface area contributed by atoms with Crippen LogP contribution in [0.4, 0.5) is 0 Å². The van der Waals surface area contributed by atoms with E-state index in [9.17, 15) is 18.3 Å². The Morgan fingerprint density at radius 2 is 1.85 bits per heavy atom. The van der Waals surface area contributed by atoms with E-state index in [4.69, 9.17) is 0 Å². The molecule has 5 nitrogen and oxygen atoms in total. The predicted molar refractivity (Wildman–Crippen MR) is 79.1 cm³/mol. The van der Waals surface area contributed by atoms with Gasteiger partial charge in [0.2, 0.25) is 5.91 Å². The van der Waals surface area contributed by atoms with Crippen LogP contribution >= 0.6 is 0 Å². The van der Waals surface area contributed by atoms with Crippen LogP contribution in [0.2, 0.25) is 0 Å². The van der Waals surface area contributed by atoms with Gasteiger partial charge in [0.15, 0.2) is 9.84 Å². The molecule has 0 aromatic carbocycles. The third-order valence-corrected chi connectivity index (χ3v) is 7.46. The number of rotatable bonds is 7. The Morgan fingerprint density at radius 1 is 1.35 bits per heavy atom. The van der Waals surface area contributed by atoms with Gasteiger partial charge < -0.3 is 10.4 Å². The smallest absolute Gasteiger partial charge is 0.240 e. The summed E-state index contributed by atoms with van der Waals surface area (Å²) < 4.78 is 23.0. The predicted octanol–water partition coefficient (Wildman–Crippen LogP) is 1.26. The van der Waals surface area contributed by atoms with Crippen LogP contribution in [-0.2, 0) is 14.6 Å². The molecule has 1 rings (SSSR count). The molecular weight excluding hydrogens is 278 g/mol. The molecule has 1 saturated carbocycles. The molecule has 6 heteroatoms. The van der Waals surface area contributed by atoms with E-state index >= 15 is 0 Å². The number of hydrogen-bond donors (Lipinski definition) is 2. The van der Waals surface area contributed by atoms with Crippen molar-refractivity contribution < 1.29 is 18.3 Å². The van der Waals surface area contributed by atoms with Gasteiger partial charge in [-0.25, -0.2) is 8.42 Å². The Bertz CT molecular complexity index is 464. The molecule has 1 amide bonds. The lowest BCUT2D eigenvalue weighted by molar-refractivity contribution is -0.124. The van der Waals surface area contributed by atoms with Crippen LogP contribution in [0.1, 0.15) is 53.9 Å². The van der Waals surface area contributed by atoms with E-state index in [1.165, 1.54) is 13.8 Å². The summed E-state index contributed by atoms with van der Waals surface area (Å²) in [5, 5.41) is 12.5. The summed E-state index contributed by atoms with van der Waals surface area (Å²) in [4.78, 5) is 12.2. The van der Waals surface area contributed by atoms with Crippen LogP contribution in [-0.4, -0.2) is 41.6 Å². The zero-order chi connectivity index (χ0) is 15.8. The highest BCUT2D eigenvalue weighted by molar-refractivity contribution is 7.94. The molecule has 2 N–H and O–H groups in total. The Kier molecular flexibility index (Phi) is 4.91. The van der Waals surface area contributed by atoms with Crippen LogP contribution in [0.5, 0.6) is 0 Å². The van der Waals surface area contributed by atoms with Crippen LogP contribution in [0.3, 0.4) is 0 Å². The van der Waals surface area contributed by atoms with Gasteiger partial charge >= 0.3 is 0 Å². The van der Waals surface area contributed by atoms with E-state index in [0.717, 1.165) is 6.42 Å². The largest absolute Gasteiger partial charge is 0.388 e. The number of sulfone groups is 1. The first-order valence-electron chi connectivity index (χ1n) is 7.21.